The maximum Gasteiger partial charge on any atom is 0.182 e. The van der Waals surface area contributed by atoms with E-state index in [0.717, 1.165) is 10.8 Å². The first-order valence-corrected chi connectivity index (χ1v) is 6.27. The van der Waals surface area contributed by atoms with Crippen molar-refractivity contribution in [1.29, 1.82) is 0 Å². The molecule has 1 aliphatic heterocycles. The summed E-state index contributed by atoms with van der Waals surface area (Å²) in [5.74, 6) is 1.19. The Morgan fingerprint density at radius 1 is 1.60 bits per heavy atom. The number of H-pyrrole nitrogens is 1. The molecule has 0 spiro atoms. The van der Waals surface area contributed by atoms with E-state index in [-0.39, 0.29) is 9.41 Å². The largest absolute Gasteiger partial charge is 0.392 e. The van der Waals surface area contributed by atoms with Crippen molar-refractivity contribution in [3.05, 3.63) is 21.4 Å². The van der Waals surface area contributed by atoms with Gasteiger partial charge >= 0.3 is 0 Å². The Hall–Kier alpha value is -1.18. The Morgan fingerprint density at radius 3 is 2.75 bits per heavy atom. The van der Waals surface area contributed by atoms with Gasteiger partial charge < -0.3 is 19.9 Å². The summed E-state index contributed by atoms with van der Waals surface area (Å²) in [7, 11) is 0. The van der Waals surface area contributed by atoms with Crippen molar-refractivity contribution in [2.75, 3.05) is 6.61 Å². The number of aromatic nitrogens is 2. The van der Waals surface area contributed by atoms with Crippen molar-refractivity contribution < 1.29 is 23.7 Å². The van der Waals surface area contributed by atoms with Crippen LogP contribution in [-0.2, 0) is 4.74 Å². The average molecular weight is 320 g/mol. The van der Waals surface area contributed by atoms with Gasteiger partial charge in [0.25, 0.3) is 0 Å². The zero-order valence-electron chi connectivity index (χ0n) is 9.92. The van der Waals surface area contributed by atoms with E-state index in [4.69, 9.17) is 23.4 Å². The summed E-state index contributed by atoms with van der Waals surface area (Å²) in [4.78, 5) is 2.36. The second-order valence-electron chi connectivity index (χ2n) is 4.23. The van der Waals surface area contributed by atoms with Gasteiger partial charge in [0.15, 0.2) is 28.6 Å². The molecule has 0 aliphatic carbocycles. The normalized spacial score (nSPS) is 33.0. The number of hydrogen-bond donors (Lipinski definition) is 3. The number of rotatable bonds is 2. The van der Waals surface area contributed by atoms with Gasteiger partial charge in [0.1, 0.15) is 10.7 Å². The molecule has 4 atom stereocenters. The highest BCUT2D eigenvalue weighted by Gasteiger charge is 2.55. The number of aromatic amines is 1. The number of nitrogens with one attached hydrogen (secondary N) is 1. The SMILES string of the molecule is C#C[C@]1(CO)O[C@@H](n2cc(F)c(=S)[nH]c2=S)C(F)[C@H]1O. The van der Waals surface area contributed by atoms with Crippen molar-refractivity contribution in [3.63, 3.8) is 0 Å². The molecule has 1 fully saturated rings. The molecule has 0 bridgehead atoms. The van der Waals surface area contributed by atoms with E-state index in [1.807, 2.05) is 5.92 Å². The molecule has 0 amide bonds. The summed E-state index contributed by atoms with van der Waals surface area (Å²) < 4.78 is 33.4. The summed E-state index contributed by atoms with van der Waals surface area (Å²) in [6.07, 6.45) is 0.795. The van der Waals surface area contributed by atoms with Gasteiger partial charge in [-0.25, -0.2) is 8.78 Å². The lowest BCUT2D eigenvalue weighted by Crippen LogP contribution is -2.44. The van der Waals surface area contributed by atoms with E-state index in [2.05, 4.69) is 17.2 Å². The molecule has 0 aromatic carbocycles. The van der Waals surface area contributed by atoms with E-state index in [0.29, 0.717) is 0 Å². The van der Waals surface area contributed by atoms with E-state index >= 15 is 0 Å². The van der Waals surface area contributed by atoms with Gasteiger partial charge in [-0.3, -0.25) is 4.57 Å². The van der Waals surface area contributed by atoms with Crippen molar-refractivity contribution in [2.45, 2.75) is 24.1 Å². The molecule has 20 heavy (non-hydrogen) atoms. The molecule has 2 rings (SSSR count). The molecule has 1 aromatic heterocycles. The van der Waals surface area contributed by atoms with Crippen molar-refractivity contribution in [1.82, 2.24) is 9.55 Å². The highest BCUT2D eigenvalue weighted by molar-refractivity contribution is 7.72. The minimum absolute atomic E-state index is 0.0954. The monoisotopic (exact) mass is 320 g/mol. The molecule has 1 aliphatic rings. The molecule has 1 aromatic rings. The Bertz CT molecular complexity index is 683. The second-order valence-corrected chi connectivity index (χ2v) is 5.03. The molecule has 108 valence electrons. The summed E-state index contributed by atoms with van der Waals surface area (Å²) in [6, 6.07) is 0. The molecule has 3 N–H and O–H groups in total. The van der Waals surface area contributed by atoms with Crippen LogP contribution in [0.25, 0.3) is 0 Å². The molecule has 1 unspecified atom stereocenters. The molecule has 5 nitrogen and oxygen atoms in total. The smallest absolute Gasteiger partial charge is 0.182 e. The molecule has 2 heterocycles. The Morgan fingerprint density at radius 2 is 2.25 bits per heavy atom. The van der Waals surface area contributed by atoms with E-state index in [9.17, 15) is 19.0 Å². The number of aliphatic hydroxyl groups is 2. The Kier molecular flexibility index (Phi) is 4.04. The number of terminal acetylenes is 1. The van der Waals surface area contributed by atoms with Crippen molar-refractivity contribution >= 4 is 24.4 Å². The number of ether oxygens (including phenoxy) is 1. The molecule has 9 heteroatoms. The molecular weight excluding hydrogens is 310 g/mol. The zero-order valence-corrected chi connectivity index (χ0v) is 11.5. The quantitative estimate of drug-likeness (QED) is 0.560. The number of aliphatic hydroxyl groups excluding tert-OH is 2. The first-order valence-electron chi connectivity index (χ1n) is 5.46. The van der Waals surface area contributed by atoms with Gasteiger partial charge in [-0.2, -0.15) is 0 Å². The second kappa shape index (κ2) is 5.31. The lowest BCUT2D eigenvalue weighted by atomic mass is 9.98. The first-order chi connectivity index (χ1) is 9.36. The maximum absolute atomic E-state index is 14.1. The Balaban J connectivity index is 2.51. The summed E-state index contributed by atoms with van der Waals surface area (Å²) in [5, 5.41) is 19.0. The number of alkyl halides is 1. The van der Waals surface area contributed by atoms with E-state index < -0.39 is 36.5 Å². The highest BCUT2D eigenvalue weighted by Crippen LogP contribution is 2.38. The van der Waals surface area contributed by atoms with Crippen LogP contribution in [0.1, 0.15) is 6.23 Å². The van der Waals surface area contributed by atoms with Crippen LogP contribution < -0.4 is 0 Å². The number of hydrogen-bond acceptors (Lipinski definition) is 5. The zero-order chi connectivity index (χ0) is 15.1. The Labute approximate surface area is 122 Å². The summed E-state index contributed by atoms with van der Waals surface area (Å²) in [6.45, 7) is -0.791. The van der Waals surface area contributed by atoms with Gasteiger partial charge in [-0.1, -0.05) is 18.1 Å². The fourth-order valence-corrected chi connectivity index (χ4v) is 2.39. The third-order valence-electron chi connectivity index (χ3n) is 3.06. The third-order valence-corrected chi connectivity index (χ3v) is 3.67. The predicted octanol–water partition coefficient (Wildman–Crippen LogP) is 1.01. The van der Waals surface area contributed by atoms with Crippen molar-refractivity contribution in [2.24, 2.45) is 0 Å². The molecule has 1 saturated heterocycles. The van der Waals surface area contributed by atoms with Crippen LogP contribution in [-0.4, -0.2) is 44.2 Å². The number of nitrogens with zero attached hydrogens (tertiary/aromatic N) is 1. The first kappa shape index (κ1) is 15.2. The minimum Gasteiger partial charge on any atom is -0.392 e. The van der Waals surface area contributed by atoms with Gasteiger partial charge in [-0.05, 0) is 12.2 Å². The van der Waals surface area contributed by atoms with Gasteiger partial charge in [0, 0.05) is 6.20 Å². The van der Waals surface area contributed by atoms with Crippen LogP contribution >= 0.6 is 24.4 Å². The summed E-state index contributed by atoms with van der Waals surface area (Å²) in [5.41, 5.74) is -1.90. The van der Waals surface area contributed by atoms with E-state index in [1.165, 1.54) is 0 Å². The van der Waals surface area contributed by atoms with E-state index in [1.54, 1.807) is 0 Å². The maximum atomic E-state index is 14.1. The van der Waals surface area contributed by atoms with Crippen LogP contribution in [0.15, 0.2) is 6.20 Å². The van der Waals surface area contributed by atoms with Crippen LogP contribution in [0.2, 0.25) is 0 Å². The standard InChI is InChI=1S/C11H10F2N2O3S2/c1-2-11(4-16)7(17)6(13)9(18-11)15-3-5(12)8(19)14-10(15)20/h1,3,6-7,9,16-17H,4H2,(H,14,19,20)/t6?,7-,9-,11-/m1/s1. The third kappa shape index (κ3) is 2.19. The van der Waals surface area contributed by atoms with Gasteiger partial charge in [0.05, 0.1) is 6.61 Å². The number of halogens is 2. The fraction of sp³-hybridized carbons (Fsp3) is 0.455. The minimum atomic E-state index is -1.99. The van der Waals surface area contributed by atoms with Crippen LogP contribution in [0, 0.1) is 27.6 Å². The summed E-state index contributed by atoms with van der Waals surface area (Å²) >= 11 is 9.56. The van der Waals surface area contributed by atoms with Crippen molar-refractivity contribution in [3.8, 4) is 12.3 Å². The molecular formula is C11H10F2N2O3S2. The highest BCUT2D eigenvalue weighted by atomic mass is 32.1. The van der Waals surface area contributed by atoms with Gasteiger partial charge in [-0.15, -0.1) is 6.42 Å². The average Bonchev–Trinajstić information content (AvgIpc) is 2.68. The molecule has 0 saturated carbocycles. The van der Waals surface area contributed by atoms with Gasteiger partial charge in [0.2, 0.25) is 0 Å². The van der Waals surface area contributed by atoms with Crippen LogP contribution in [0.3, 0.4) is 0 Å². The van der Waals surface area contributed by atoms with Crippen LogP contribution in [0.4, 0.5) is 8.78 Å². The fourth-order valence-electron chi connectivity index (χ4n) is 1.92. The van der Waals surface area contributed by atoms with Crippen LogP contribution in [0.5, 0.6) is 0 Å². The lowest BCUT2D eigenvalue weighted by molar-refractivity contribution is -0.0919. The topological polar surface area (TPSA) is 70.4 Å². The molecule has 0 radical (unpaired) electrons. The predicted molar refractivity (Wildman–Crippen MR) is 70.1 cm³/mol. The lowest BCUT2D eigenvalue weighted by Gasteiger charge is -2.23.